The Labute approximate surface area is 257 Å². The molecule has 3 nitrogen and oxygen atoms in total. The third-order valence-corrected chi connectivity index (χ3v) is 10.9. The van der Waals surface area contributed by atoms with E-state index in [1.54, 1.807) is 32.2 Å². The molecule has 3 aromatic heterocycles. The molecule has 1 radical (unpaired) electrons. The zero-order chi connectivity index (χ0) is 29.4. The molecule has 6 rings (SSSR count). The molecule has 0 aliphatic carbocycles. The summed E-state index contributed by atoms with van der Waals surface area (Å²) in [7, 11) is 0. The molecular formula is C34H30F2GeIrN2O-2. The van der Waals surface area contributed by atoms with Gasteiger partial charge in [0.1, 0.15) is 11.4 Å². The van der Waals surface area contributed by atoms with Gasteiger partial charge >= 0.3 is 99.8 Å². The molecule has 0 saturated heterocycles. The van der Waals surface area contributed by atoms with Crippen molar-refractivity contribution in [1.82, 2.24) is 9.97 Å². The van der Waals surface area contributed by atoms with Gasteiger partial charge in [0, 0.05) is 44.9 Å². The van der Waals surface area contributed by atoms with Crippen molar-refractivity contribution in [3.63, 3.8) is 0 Å². The molecule has 211 valence electrons. The summed E-state index contributed by atoms with van der Waals surface area (Å²) in [6, 6.07) is 27.1. The molecule has 0 N–H and O–H groups in total. The first-order chi connectivity index (χ1) is 19.4. The summed E-state index contributed by atoms with van der Waals surface area (Å²) < 4.78 is 43.2. The predicted molar refractivity (Wildman–Crippen MR) is 161 cm³/mol. The van der Waals surface area contributed by atoms with Gasteiger partial charge in [0.15, 0.2) is 0 Å². The first-order valence-corrected chi connectivity index (χ1v) is 20.4. The molecule has 0 aliphatic rings. The van der Waals surface area contributed by atoms with Crippen LogP contribution in [0.25, 0.3) is 44.5 Å². The van der Waals surface area contributed by atoms with Gasteiger partial charge in [-0.2, -0.15) is 0 Å². The Morgan fingerprint density at radius 2 is 1.73 bits per heavy atom. The first kappa shape index (κ1) is 29.3. The Hall–Kier alpha value is -3.19. The number of nitrogens with zero attached hydrogens (tertiary/aromatic N) is 2. The van der Waals surface area contributed by atoms with Crippen LogP contribution in [0.5, 0.6) is 0 Å². The van der Waals surface area contributed by atoms with Crippen LogP contribution in [-0.4, -0.2) is 23.2 Å². The van der Waals surface area contributed by atoms with Gasteiger partial charge in [-0.1, -0.05) is 31.0 Å². The SMILES string of the molecule is [2H]C(C)(C)c1ccnc(-c2[c-]cc(F)c3c2oc2cc(F)ccc23)c1.[CH3][Ge]([CH3])([CH3])[c]1ccc(-c2[c-]cccc2)nc1.[Ir]. The second kappa shape index (κ2) is 12.8. The summed E-state index contributed by atoms with van der Waals surface area (Å²) in [5, 5.41) is 0.780. The Kier molecular flexibility index (Phi) is 9.13. The smallest absolute Gasteiger partial charge is 0 e. The second-order valence-corrected chi connectivity index (χ2v) is 21.5. The minimum Gasteiger partial charge on any atom is 0 e. The topological polar surface area (TPSA) is 38.9 Å². The number of rotatable bonds is 4. The third-order valence-electron chi connectivity index (χ3n) is 6.67. The van der Waals surface area contributed by atoms with Crippen LogP contribution in [0, 0.1) is 23.8 Å². The Balaban J connectivity index is 0.000000207. The molecule has 0 aliphatic heterocycles. The van der Waals surface area contributed by atoms with Crippen molar-refractivity contribution in [2.75, 3.05) is 0 Å². The van der Waals surface area contributed by atoms with Crippen molar-refractivity contribution >= 4 is 39.6 Å². The fourth-order valence-corrected chi connectivity index (χ4v) is 6.55. The van der Waals surface area contributed by atoms with E-state index in [1.807, 2.05) is 30.5 Å². The molecule has 7 heteroatoms. The standard InChI is InChI=1S/C20H14F2NO.C14H16GeN.Ir/c1-11(2)12-7-8-23-17(9-12)14-5-6-16(22)19-15-4-3-13(21)10-18(15)24-20(14)19;1-15(2,3)13-9-10-14(16-11-13)12-7-5-4-6-8-12;/h3-4,6-11H,1-2H3;4-7,9-11H,1-3H3;/q2*-1;/i11D;;. The Morgan fingerprint density at radius 1 is 0.927 bits per heavy atom. The summed E-state index contributed by atoms with van der Waals surface area (Å²) in [5.74, 6) is 5.41. The van der Waals surface area contributed by atoms with E-state index in [1.165, 1.54) is 28.7 Å². The van der Waals surface area contributed by atoms with Crippen molar-refractivity contribution in [2.24, 2.45) is 0 Å². The molecule has 41 heavy (non-hydrogen) atoms. The molecule has 6 aromatic rings. The number of halogens is 2. The molecule has 0 fully saturated rings. The van der Waals surface area contributed by atoms with Crippen LogP contribution in [0.2, 0.25) is 17.3 Å². The number of fused-ring (bicyclic) bond motifs is 3. The van der Waals surface area contributed by atoms with Crippen LogP contribution in [0.15, 0.2) is 89.6 Å². The monoisotopic (exact) mass is 788 g/mol. The molecule has 0 spiro atoms. The Bertz CT molecular complexity index is 1830. The van der Waals surface area contributed by atoms with Crippen LogP contribution in [0.1, 0.15) is 26.7 Å². The maximum absolute atomic E-state index is 14.4. The van der Waals surface area contributed by atoms with Crippen molar-refractivity contribution < 1.29 is 34.7 Å². The fourth-order valence-electron chi connectivity index (χ4n) is 4.37. The molecule has 3 heterocycles. The molecule has 0 atom stereocenters. The zero-order valence-corrected chi connectivity index (χ0v) is 28.0. The predicted octanol–water partition coefficient (Wildman–Crippen LogP) is 8.94. The van der Waals surface area contributed by atoms with Gasteiger partial charge in [-0.25, -0.2) is 4.39 Å². The van der Waals surface area contributed by atoms with E-state index in [-0.39, 0.29) is 36.7 Å². The average molecular weight is 786 g/mol. The maximum Gasteiger partial charge on any atom is 0 e. The average Bonchev–Trinajstić information content (AvgIpc) is 3.32. The summed E-state index contributed by atoms with van der Waals surface area (Å²) >= 11 is -1.72. The van der Waals surface area contributed by atoms with Gasteiger partial charge < -0.3 is 9.40 Å². The van der Waals surface area contributed by atoms with Crippen LogP contribution in [0.3, 0.4) is 0 Å². The van der Waals surface area contributed by atoms with E-state index in [0.29, 0.717) is 16.6 Å². The van der Waals surface area contributed by atoms with Gasteiger partial charge in [0.2, 0.25) is 0 Å². The van der Waals surface area contributed by atoms with E-state index in [2.05, 4.69) is 51.5 Å². The summed E-state index contributed by atoms with van der Waals surface area (Å²) in [6.45, 7) is 3.56. The first-order valence-electron chi connectivity index (χ1n) is 13.5. The number of hydrogen-bond acceptors (Lipinski definition) is 3. The van der Waals surface area contributed by atoms with E-state index < -0.39 is 30.8 Å². The molecule has 0 amide bonds. The molecule has 0 saturated carbocycles. The van der Waals surface area contributed by atoms with E-state index >= 15 is 0 Å². The number of aromatic nitrogens is 2. The molecular weight excluding hydrogens is 755 g/mol. The van der Waals surface area contributed by atoms with E-state index in [0.717, 1.165) is 16.8 Å². The summed E-state index contributed by atoms with van der Waals surface area (Å²) in [6.07, 6.45) is 3.64. The fraction of sp³-hybridized carbons (Fsp3) is 0.176. The minimum atomic E-state index is -1.72. The van der Waals surface area contributed by atoms with E-state index in [9.17, 15) is 8.78 Å². The molecule has 0 bridgehead atoms. The zero-order valence-electron chi connectivity index (χ0n) is 24.5. The van der Waals surface area contributed by atoms with Gasteiger partial charge in [-0.3, -0.25) is 4.39 Å². The summed E-state index contributed by atoms with van der Waals surface area (Å²) in [4.78, 5) is 8.85. The largest absolute Gasteiger partial charge is 0 e. The summed E-state index contributed by atoms with van der Waals surface area (Å²) in [5.41, 5.74) is 4.40. The van der Waals surface area contributed by atoms with Gasteiger partial charge in [0.05, 0.1) is 5.58 Å². The third kappa shape index (κ3) is 6.83. The van der Waals surface area contributed by atoms with Crippen molar-refractivity contribution in [3.05, 3.63) is 115 Å². The number of pyridine rings is 2. The number of hydrogen-bond donors (Lipinski definition) is 0. The van der Waals surface area contributed by atoms with Gasteiger partial charge in [0.25, 0.3) is 0 Å². The number of furan rings is 1. The normalized spacial score (nSPS) is 11.9. The minimum absolute atomic E-state index is 0. The molecule has 3 aromatic carbocycles. The second-order valence-electron chi connectivity index (χ2n) is 10.8. The van der Waals surface area contributed by atoms with Crippen LogP contribution in [-0.2, 0) is 20.1 Å². The van der Waals surface area contributed by atoms with Crippen LogP contribution < -0.4 is 4.40 Å². The Morgan fingerprint density at radius 3 is 2.39 bits per heavy atom. The van der Waals surface area contributed by atoms with Crippen LogP contribution >= 0.6 is 0 Å². The quantitative estimate of drug-likeness (QED) is 0.132. The van der Waals surface area contributed by atoms with Gasteiger partial charge in [-0.05, 0) is 35.2 Å². The maximum atomic E-state index is 14.4. The van der Waals surface area contributed by atoms with E-state index in [4.69, 9.17) is 5.79 Å². The van der Waals surface area contributed by atoms with Crippen molar-refractivity contribution in [3.8, 4) is 22.5 Å². The molecule has 0 unspecified atom stereocenters. The number of benzene rings is 3. The van der Waals surface area contributed by atoms with Crippen molar-refractivity contribution in [2.45, 2.75) is 37.0 Å². The van der Waals surface area contributed by atoms with Crippen molar-refractivity contribution in [1.29, 1.82) is 0 Å². The van der Waals surface area contributed by atoms with Gasteiger partial charge in [-0.15, -0.1) is 12.1 Å². The van der Waals surface area contributed by atoms with Crippen LogP contribution in [0.4, 0.5) is 8.78 Å².